The van der Waals surface area contributed by atoms with Crippen molar-refractivity contribution in [2.75, 3.05) is 19.7 Å². The summed E-state index contributed by atoms with van der Waals surface area (Å²) >= 11 is 0. The summed E-state index contributed by atoms with van der Waals surface area (Å²) in [4.78, 5) is 0. The Labute approximate surface area is 120 Å². The zero-order valence-corrected chi connectivity index (χ0v) is 11.5. The Morgan fingerprint density at radius 2 is 1.65 bits per heavy atom. The van der Waals surface area contributed by atoms with Crippen molar-refractivity contribution in [1.29, 1.82) is 0 Å². The number of benzene rings is 2. The Morgan fingerprint density at radius 1 is 0.900 bits per heavy atom. The molecule has 0 saturated heterocycles. The first-order valence-electron chi connectivity index (χ1n) is 7.09. The lowest BCUT2D eigenvalue weighted by Gasteiger charge is -2.15. The zero-order valence-electron chi connectivity index (χ0n) is 11.5. The molecule has 2 aromatic carbocycles. The minimum atomic E-state index is 0.701. The van der Waals surface area contributed by atoms with Crippen LogP contribution in [0.3, 0.4) is 0 Å². The highest BCUT2D eigenvalue weighted by Crippen LogP contribution is 2.22. The lowest BCUT2D eigenvalue weighted by molar-refractivity contribution is 0.344. The van der Waals surface area contributed by atoms with Crippen molar-refractivity contribution < 1.29 is 4.74 Å². The molecular weight excluding hydrogens is 246 g/mol. The van der Waals surface area contributed by atoms with Gasteiger partial charge in [-0.05, 0) is 41.8 Å². The molecule has 0 amide bonds. The average Bonchev–Trinajstić information content (AvgIpc) is 2.55. The number of rotatable bonds is 4. The van der Waals surface area contributed by atoms with Crippen LogP contribution in [0.25, 0.3) is 11.1 Å². The van der Waals surface area contributed by atoms with Gasteiger partial charge in [0.25, 0.3) is 0 Å². The maximum Gasteiger partial charge on any atom is 0.119 e. The Hall–Kier alpha value is -2.06. The van der Waals surface area contributed by atoms with E-state index in [1.807, 2.05) is 18.2 Å². The molecule has 102 valence electrons. The molecule has 0 fully saturated rings. The molecule has 2 aromatic rings. The van der Waals surface area contributed by atoms with Crippen LogP contribution in [-0.4, -0.2) is 19.7 Å². The molecule has 0 aliphatic carbocycles. The first kappa shape index (κ1) is 12.9. The molecular formula is C18H19NO. The predicted molar refractivity (Wildman–Crippen MR) is 82.9 cm³/mol. The third-order valence-electron chi connectivity index (χ3n) is 3.54. The van der Waals surface area contributed by atoms with Crippen molar-refractivity contribution in [3.05, 3.63) is 66.2 Å². The smallest absolute Gasteiger partial charge is 0.119 e. The summed E-state index contributed by atoms with van der Waals surface area (Å²) in [5, 5.41) is 3.31. The zero-order chi connectivity index (χ0) is 13.6. The highest BCUT2D eigenvalue weighted by molar-refractivity contribution is 5.63. The molecule has 1 N–H and O–H groups in total. The number of nitrogens with one attached hydrogen (secondary N) is 1. The number of ether oxygens (including phenoxy) is 1. The Bertz CT molecular complexity index is 572. The molecule has 0 atom stereocenters. The SMILES string of the molecule is C1=C(COc2ccc(-c3ccccc3)cc2)CCNC1. The fraction of sp³-hybridized carbons (Fsp3) is 0.222. The minimum absolute atomic E-state index is 0.701. The van der Waals surface area contributed by atoms with Gasteiger partial charge < -0.3 is 10.1 Å². The van der Waals surface area contributed by atoms with Gasteiger partial charge in [-0.3, -0.25) is 0 Å². The fourth-order valence-corrected chi connectivity index (χ4v) is 2.35. The maximum atomic E-state index is 5.84. The van der Waals surface area contributed by atoms with Crippen LogP contribution in [-0.2, 0) is 0 Å². The second-order valence-corrected chi connectivity index (χ2v) is 5.00. The molecule has 1 heterocycles. The van der Waals surface area contributed by atoms with Gasteiger partial charge in [0.2, 0.25) is 0 Å². The van der Waals surface area contributed by atoms with Gasteiger partial charge in [-0.25, -0.2) is 0 Å². The van der Waals surface area contributed by atoms with Crippen LogP contribution in [0, 0.1) is 0 Å². The van der Waals surface area contributed by atoms with Gasteiger partial charge in [0, 0.05) is 6.54 Å². The molecule has 0 radical (unpaired) electrons. The normalized spacial score (nSPS) is 14.7. The molecule has 2 nitrogen and oxygen atoms in total. The van der Waals surface area contributed by atoms with E-state index in [0.29, 0.717) is 6.61 Å². The summed E-state index contributed by atoms with van der Waals surface area (Å²) in [6.07, 6.45) is 3.31. The van der Waals surface area contributed by atoms with Gasteiger partial charge in [-0.15, -0.1) is 0 Å². The lowest BCUT2D eigenvalue weighted by Crippen LogP contribution is -2.22. The largest absolute Gasteiger partial charge is 0.489 e. The third-order valence-corrected chi connectivity index (χ3v) is 3.54. The Kier molecular flexibility index (Phi) is 4.14. The first-order valence-corrected chi connectivity index (χ1v) is 7.09. The van der Waals surface area contributed by atoms with Crippen LogP contribution >= 0.6 is 0 Å². The van der Waals surface area contributed by atoms with E-state index in [2.05, 4.69) is 47.8 Å². The van der Waals surface area contributed by atoms with Gasteiger partial charge in [-0.1, -0.05) is 48.5 Å². The quantitative estimate of drug-likeness (QED) is 0.852. The van der Waals surface area contributed by atoms with E-state index in [1.165, 1.54) is 16.7 Å². The molecule has 1 aliphatic heterocycles. The van der Waals surface area contributed by atoms with E-state index in [-0.39, 0.29) is 0 Å². The number of hydrogen-bond donors (Lipinski definition) is 1. The predicted octanol–water partition coefficient (Wildman–Crippen LogP) is 3.65. The molecule has 3 rings (SSSR count). The van der Waals surface area contributed by atoms with Crippen LogP contribution in [0.1, 0.15) is 6.42 Å². The van der Waals surface area contributed by atoms with Crippen LogP contribution < -0.4 is 10.1 Å². The second kappa shape index (κ2) is 6.40. The molecule has 20 heavy (non-hydrogen) atoms. The summed E-state index contributed by atoms with van der Waals surface area (Å²) in [5.41, 5.74) is 3.84. The highest BCUT2D eigenvalue weighted by Gasteiger charge is 2.04. The molecule has 0 unspecified atom stereocenters. The fourth-order valence-electron chi connectivity index (χ4n) is 2.35. The molecule has 0 spiro atoms. The van der Waals surface area contributed by atoms with Crippen LogP contribution in [0.2, 0.25) is 0 Å². The van der Waals surface area contributed by atoms with Gasteiger partial charge >= 0.3 is 0 Å². The lowest BCUT2D eigenvalue weighted by atomic mass is 10.1. The molecule has 0 aromatic heterocycles. The maximum absolute atomic E-state index is 5.84. The van der Waals surface area contributed by atoms with Crippen molar-refractivity contribution >= 4 is 0 Å². The van der Waals surface area contributed by atoms with E-state index in [0.717, 1.165) is 25.3 Å². The molecule has 1 aliphatic rings. The highest BCUT2D eigenvalue weighted by atomic mass is 16.5. The standard InChI is InChI=1S/C18H19NO/c1-2-4-16(5-3-1)17-6-8-18(9-7-17)20-14-15-10-12-19-13-11-15/h1-10,19H,11-14H2. The summed E-state index contributed by atoms with van der Waals surface area (Å²) in [5.74, 6) is 0.934. The van der Waals surface area contributed by atoms with E-state index < -0.39 is 0 Å². The summed E-state index contributed by atoms with van der Waals surface area (Å²) in [6, 6.07) is 18.7. The minimum Gasteiger partial charge on any atom is -0.489 e. The third kappa shape index (κ3) is 3.28. The average molecular weight is 265 g/mol. The Balaban J connectivity index is 1.63. The van der Waals surface area contributed by atoms with E-state index in [9.17, 15) is 0 Å². The van der Waals surface area contributed by atoms with E-state index >= 15 is 0 Å². The number of hydrogen-bond acceptors (Lipinski definition) is 2. The second-order valence-electron chi connectivity index (χ2n) is 5.00. The van der Waals surface area contributed by atoms with Crippen LogP contribution in [0.15, 0.2) is 66.2 Å². The van der Waals surface area contributed by atoms with E-state index in [4.69, 9.17) is 4.74 Å². The van der Waals surface area contributed by atoms with Crippen LogP contribution in [0.4, 0.5) is 0 Å². The van der Waals surface area contributed by atoms with Crippen LogP contribution in [0.5, 0.6) is 5.75 Å². The van der Waals surface area contributed by atoms with Crippen molar-refractivity contribution in [2.24, 2.45) is 0 Å². The van der Waals surface area contributed by atoms with Crippen molar-refractivity contribution in [2.45, 2.75) is 6.42 Å². The topological polar surface area (TPSA) is 21.3 Å². The summed E-state index contributed by atoms with van der Waals surface area (Å²) in [7, 11) is 0. The summed E-state index contributed by atoms with van der Waals surface area (Å²) in [6.45, 7) is 2.72. The molecule has 0 bridgehead atoms. The monoisotopic (exact) mass is 265 g/mol. The first-order chi connectivity index (χ1) is 9.92. The van der Waals surface area contributed by atoms with Gasteiger partial charge in [0.15, 0.2) is 0 Å². The molecule has 2 heteroatoms. The van der Waals surface area contributed by atoms with Crippen molar-refractivity contribution in [3.63, 3.8) is 0 Å². The summed E-state index contributed by atoms with van der Waals surface area (Å²) < 4.78 is 5.84. The van der Waals surface area contributed by atoms with E-state index in [1.54, 1.807) is 0 Å². The Morgan fingerprint density at radius 3 is 2.35 bits per heavy atom. The van der Waals surface area contributed by atoms with Crippen molar-refractivity contribution in [1.82, 2.24) is 5.32 Å². The van der Waals surface area contributed by atoms with Gasteiger partial charge in [0.05, 0.1) is 0 Å². The van der Waals surface area contributed by atoms with Gasteiger partial charge in [-0.2, -0.15) is 0 Å². The molecule has 0 saturated carbocycles. The van der Waals surface area contributed by atoms with Gasteiger partial charge in [0.1, 0.15) is 12.4 Å². The van der Waals surface area contributed by atoms with Crippen molar-refractivity contribution in [3.8, 4) is 16.9 Å².